The molecule has 4 nitrogen and oxygen atoms in total. The zero-order chi connectivity index (χ0) is 14.5. The van der Waals surface area contributed by atoms with Crippen molar-refractivity contribution in [2.24, 2.45) is 0 Å². The molecule has 5 heteroatoms. The lowest BCUT2D eigenvalue weighted by Crippen LogP contribution is -2.08. The summed E-state index contributed by atoms with van der Waals surface area (Å²) in [4.78, 5) is 23.0. The highest BCUT2D eigenvalue weighted by Crippen LogP contribution is 2.13. The van der Waals surface area contributed by atoms with E-state index in [1.54, 1.807) is 36.4 Å². The lowest BCUT2D eigenvalue weighted by atomic mass is 10.1. The predicted octanol–water partition coefficient (Wildman–Crippen LogP) is 3.74. The number of anilines is 1. The number of furan rings is 1. The van der Waals surface area contributed by atoms with Crippen molar-refractivity contribution in [1.82, 2.24) is 0 Å². The van der Waals surface area contributed by atoms with Crippen LogP contribution in [0.5, 0.6) is 0 Å². The summed E-state index contributed by atoms with van der Waals surface area (Å²) < 4.78 is 6.07. The fraction of sp³-hybridized carbons (Fsp3) is 0.0667. The second-order valence-corrected chi connectivity index (χ2v) is 5.16. The van der Waals surface area contributed by atoms with Crippen molar-refractivity contribution in [3.05, 3.63) is 57.6 Å². The number of hydrogen-bond donors (Lipinski definition) is 1. The van der Waals surface area contributed by atoms with Gasteiger partial charge in [-0.2, -0.15) is 0 Å². The highest BCUT2D eigenvalue weighted by atomic mass is 127. The second-order valence-electron chi connectivity index (χ2n) is 4.10. The molecule has 0 saturated carbocycles. The molecular formula is C15H12INO3. The maximum Gasteiger partial charge on any atom is 0.248 e. The van der Waals surface area contributed by atoms with Crippen LogP contribution in [-0.2, 0) is 4.79 Å². The minimum absolute atomic E-state index is 0.0400. The number of Topliss-reactive ketones (excluding diaryl/α,β-unsaturated/α-hetero) is 1. The van der Waals surface area contributed by atoms with Crippen molar-refractivity contribution in [2.75, 3.05) is 5.32 Å². The maximum absolute atomic E-state index is 11.7. The molecule has 1 N–H and O–H groups in total. The van der Waals surface area contributed by atoms with Gasteiger partial charge in [-0.15, -0.1) is 0 Å². The molecule has 1 heterocycles. The molecule has 1 amide bonds. The van der Waals surface area contributed by atoms with Crippen LogP contribution in [0.4, 0.5) is 5.69 Å². The van der Waals surface area contributed by atoms with Gasteiger partial charge in [0.2, 0.25) is 5.91 Å². The standard InChI is InChI=1S/C15H12INO3/c1-10(18)11-3-2-4-12(9-11)17-15(19)8-6-13-5-7-14(16)20-13/h2-9H,1H3,(H,17,19). The van der Waals surface area contributed by atoms with Gasteiger partial charge in [-0.3, -0.25) is 9.59 Å². The molecule has 0 fully saturated rings. The Kier molecular flexibility index (Phi) is 4.73. The van der Waals surface area contributed by atoms with Crippen molar-refractivity contribution in [2.45, 2.75) is 6.92 Å². The number of carbonyl (C=O) groups is 2. The average Bonchev–Trinajstić information content (AvgIpc) is 2.82. The molecule has 0 saturated heterocycles. The third-order valence-electron chi connectivity index (χ3n) is 2.53. The van der Waals surface area contributed by atoms with E-state index in [0.717, 1.165) is 3.77 Å². The molecule has 102 valence electrons. The summed E-state index contributed by atoms with van der Waals surface area (Å²) in [7, 11) is 0. The van der Waals surface area contributed by atoms with Gasteiger partial charge >= 0.3 is 0 Å². The van der Waals surface area contributed by atoms with Crippen LogP contribution < -0.4 is 5.32 Å². The number of hydrogen-bond acceptors (Lipinski definition) is 3. The number of carbonyl (C=O) groups excluding carboxylic acids is 2. The van der Waals surface area contributed by atoms with Gasteiger partial charge < -0.3 is 9.73 Å². The normalized spacial score (nSPS) is 10.7. The number of rotatable bonds is 4. The Hall–Kier alpha value is -1.89. The van der Waals surface area contributed by atoms with Crippen LogP contribution in [-0.4, -0.2) is 11.7 Å². The molecule has 0 spiro atoms. The lowest BCUT2D eigenvalue weighted by Gasteiger charge is -2.03. The van der Waals surface area contributed by atoms with E-state index in [-0.39, 0.29) is 11.7 Å². The highest BCUT2D eigenvalue weighted by Gasteiger charge is 2.03. The Morgan fingerprint density at radius 3 is 2.70 bits per heavy atom. The first-order valence-corrected chi connectivity index (χ1v) is 6.98. The molecule has 0 aliphatic carbocycles. The summed E-state index contributed by atoms with van der Waals surface area (Å²) in [5, 5.41) is 2.69. The molecule has 0 atom stereocenters. The summed E-state index contributed by atoms with van der Waals surface area (Å²) in [6, 6.07) is 10.4. The smallest absolute Gasteiger partial charge is 0.248 e. The van der Waals surface area contributed by atoms with E-state index in [0.29, 0.717) is 17.0 Å². The monoisotopic (exact) mass is 381 g/mol. The molecule has 20 heavy (non-hydrogen) atoms. The first kappa shape index (κ1) is 14.5. The fourth-order valence-corrected chi connectivity index (χ4v) is 2.01. The zero-order valence-electron chi connectivity index (χ0n) is 10.7. The van der Waals surface area contributed by atoms with Gasteiger partial charge in [0.25, 0.3) is 0 Å². The average molecular weight is 381 g/mol. The molecule has 2 rings (SSSR count). The van der Waals surface area contributed by atoms with Crippen LogP contribution in [0, 0.1) is 3.77 Å². The molecule has 0 bridgehead atoms. The quantitative estimate of drug-likeness (QED) is 0.499. The third kappa shape index (κ3) is 4.06. The Balaban J connectivity index is 2.02. The van der Waals surface area contributed by atoms with Crippen molar-refractivity contribution in [3.8, 4) is 0 Å². The van der Waals surface area contributed by atoms with E-state index in [1.165, 1.54) is 13.0 Å². The lowest BCUT2D eigenvalue weighted by molar-refractivity contribution is -0.111. The molecule has 0 radical (unpaired) electrons. The Labute approximate surface area is 130 Å². The van der Waals surface area contributed by atoms with Gasteiger partial charge in [-0.25, -0.2) is 0 Å². The summed E-state index contributed by atoms with van der Waals surface area (Å²) in [6.45, 7) is 1.49. The van der Waals surface area contributed by atoms with Crippen LogP contribution in [0.2, 0.25) is 0 Å². The van der Waals surface area contributed by atoms with Gasteiger partial charge in [0.05, 0.1) is 0 Å². The van der Waals surface area contributed by atoms with Crippen LogP contribution in [0.1, 0.15) is 23.0 Å². The summed E-state index contributed by atoms with van der Waals surface area (Å²) in [5.41, 5.74) is 1.15. The SMILES string of the molecule is CC(=O)c1cccc(NC(=O)C=Cc2ccc(I)o2)c1. The molecule has 0 aliphatic heterocycles. The Morgan fingerprint density at radius 1 is 1.25 bits per heavy atom. The highest BCUT2D eigenvalue weighted by molar-refractivity contribution is 14.1. The summed E-state index contributed by atoms with van der Waals surface area (Å²) in [5.74, 6) is 0.293. The third-order valence-corrected chi connectivity index (χ3v) is 3.11. The van der Waals surface area contributed by atoms with Crippen molar-refractivity contribution < 1.29 is 14.0 Å². The molecule has 0 unspecified atom stereocenters. The predicted molar refractivity (Wildman–Crippen MR) is 85.5 cm³/mol. The number of benzene rings is 1. The van der Waals surface area contributed by atoms with Gasteiger partial charge in [0.1, 0.15) is 5.76 Å². The van der Waals surface area contributed by atoms with Gasteiger partial charge in [-0.1, -0.05) is 12.1 Å². The molecule has 1 aromatic carbocycles. The maximum atomic E-state index is 11.7. The Morgan fingerprint density at radius 2 is 2.05 bits per heavy atom. The fourth-order valence-electron chi connectivity index (χ4n) is 1.58. The van der Waals surface area contributed by atoms with E-state index in [9.17, 15) is 9.59 Å². The van der Waals surface area contributed by atoms with Gasteiger partial charge in [-0.05, 0) is 59.9 Å². The number of amides is 1. The van der Waals surface area contributed by atoms with Crippen LogP contribution >= 0.6 is 22.6 Å². The first-order chi connectivity index (χ1) is 9.54. The molecule has 1 aromatic heterocycles. The van der Waals surface area contributed by atoms with E-state index in [1.807, 2.05) is 6.07 Å². The van der Waals surface area contributed by atoms with E-state index < -0.39 is 0 Å². The van der Waals surface area contributed by atoms with Gasteiger partial charge in [0, 0.05) is 17.3 Å². The number of nitrogens with one attached hydrogen (secondary N) is 1. The summed E-state index contributed by atoms with van der Waals surface area (Å²) >= 11 is 2.05. The first-order valence-electron chi connectivity index (χ1n) is 5.90. The number of ketones is 1. The number of halogens is 1. The van der Waals surface area contributed by atoms with E-state index >= 15 is 0 Å². The second kappa shape index (κ2) is 6.51. The van der Waals surface area contributed by atoms with Crippen LogP contribution in [0.15, 0.2) is 46.9 Å². The Bertz CT molecular complexity index is 673. The molecular weight excluding hydrogens is 369 g/mol. The minimum atomic E-state index is -0.280. The van der Waals surface area contributed by atoms with Crippen LogP contribution in [0.3, 0.4) is 0 Å². The van der Waals surface area contributed by atoms with Crippen molar-refractivity contribution in [1.29, 1.82) is 0 Å². The molecule has 0 aliphatic rings. The topological polar surface area (TPSA) is 59.3 Å². The van der Waals surface area contributed by atoms with Gasteiger partial charge in [0.15, 0.2) is 9.55 Å². The van der Waals surface area contributed by atoms with E-state index in [4.69, 9.17) is 4.42 Å². The minimum Gasteiger partial charge on any atom is -0.451 e. The largest absolute Gasteiger partial charge is 0.451 e. The van der Waals surface area contributed by atoms with Crippen LogP contribution in [0.25, 0.3) is 6.08 Å². The van der Waals surface area contributed by atoms with Crippen molar-refractivity contribution >= 4 is 46.0 Å². The summed E-state index contributed by atoms with van der Waals surface area (Å²) in [6.07, 6.45) is 2.97. The molecule has 2 aromatic rings. The zero-order valence-corrected chi connectivity index (χ0v) is 12.9. The van der Waals surface area contributed by atoms with Crippen molar-refractivity contribution in [3.63, 3.8) is 0 Å². The van der Waals surface area contributed by atoms with E-state index in [2.05, 4.69) is 27.9 Å².